The van der Waals surface area contributed by atoms with Crippen molar-refractivity contribution in [2.24, 2.45) is 0 Å². The van der Waals surface area contributed by atoms with Crippen LogP contribution in [0, 0.1) is 0 Å². The predicted octanol–water partition coefficient (Wildman–Crippen LogP) is -0.134. The summed E-state index contributed by atoms with van der Waals surface area (Å²) in [4.78, 5) is 11.0. The molecule has 0 aliphatic carbocycles. The lowest BCUT2D eigenvalue weighted by atomic mass is 10.0. The van der Waals surface area contributed by atoms with Gasteiger partial charge in [-0.25, -0.2) is 4.79 Å². The van der Waals surface area contributed by atoms with Crippen LogP contribution in [-0.2, 0) is 4.74 Å². The maximum Gasteiger partial charge on any atom is 0.407 e. The first-order chi connectivity index (χ1) is 6.08. The fraction of sp³-hybridized carbons (Fsp3) is 0.875. The van der Waals surface area contributed by atoms with Crippen molar-refractivity contribution in [3.8, 4) is 0 Å². The summed E-state index contributed by atoms with van der Waals surface area (Å²) in [5.74, 6) is 0. The molecule has 5 nitrogen and oxygen atoms in total. The van der Waals surface area contributed by atoms with Crippen LogP contribution in [0.15, 0.2) is 0 Å². The van der Waals surface area contributed by atoms with E-state index in [1.165, 1.54) is 0 Å². The fourth-order valence-electron chi connectivity index (χ4n) is 0.661. The number of hydrogen-bond acceptors (Lipinski definition) is 4. The van der Waals surface area contributed by atoms with Crippen molar-refractivity contribution in [2.45, 2.75) is 25.8 Å². The highest BCUT2D eigenvalue weighted by Gasteiger charge is 2.23. The molecule has 13 heavy (non-hydrogen) atoms. The Labute approximate surface area is 77.7 Å². The second kappa shape index (κ2) is 5.77. The summed E-state index contributed by atoms with van der Waals surface area (Å²) in [6.45, 7) is 3.19. The van der Waals surface area contributed by atoms with E-state index in [9.17, 15) is 4.79 Å². The van der Waals surface area contributed by atoms with Gasteiger partial charge in [-0.2, -0.15) is 0 Å². The Morgan fingerprint density at radius 2 is 2.15 bits per heavy atom. The summed E-state index contributed by atoms with van der Waals surface area (Å²) in [5.41, 5.74) is -0.646. The summed E-state index contributed by atoms with van der Waals surface area (Å²) in [7, 11) is 0. The lowest BCUT2D eigenvalue weighted by molar-refractivity contribution is 0.0979. The van der Waals surface area contributed by atoms with Gasteiger partial charge in [0.25, 0.3) is 0 Å². The summed E-state index contributed by atoms with van der Waals surface area (Å²) in [5, 5.41) is 19.8. The number of carbonyl (C=O) groups excluding carboxylic acids is 1. The Morgan fingerprint density at radius 1 is 1.54 bits per heavy atom. The van der Waals surface area contributed by atoms with E-state index >= 15 is 0 Å². The molecule has 0 heterocycles. The van der Waals surface area contributed by atoms with Gasteiger partial charge in [0.05, 0.1) is 18.8 Å². The average Bonchev–Trinajstić information content (AvgIpc) is 2.14. The number of amides is 1. The first-order valence-electron chi connectivity index (χ1n) is 4.24. The Hall–Kier alpha value is -0.810. The Morgan fingerprint density at radius 3 is 2.54 bits per heavy atom. The molecule has 1 atom stereocenters. The van der Waals surface area contributed by atoms with Crippen LogP contribution in [0.1, 0.15) is 20.3 Å². The van der Waals surface area contributed by atoms with Gasteiger partial charge in [0.15, 0.2) is 0 Å². The largest absolute Gasteiger partial charge is 0.447 e. The Kier molecular flexibility index (Phi) is 5.41. The van der Waals surface area contributed by atoms with Gasteiger partial charge in [-0.05, 0) is 13.3 Å². The van der Waals surface area contributed by atoms with Crippen molar-refractivity contribution in [3.63, 3.8) is 0 Å². The van der Waals surface area contributed by atoms with Gasteiger partial charge in [0, 0.05) is 0 Å². The van der Waals surface area contributed by atoms with Crippen LogP contribution in [0.5, 0.6) is 0 Å². The number of alkyl carbamates (subject to hydrolysis) is 1. The van der Waals surface area contributed by atoms with E-state index in [0.717, 1.165) is 0 Å². The molecule has 0 aromatic heterocycles. The monoisotopic (exact) mass is 191 g/mol. The Balaban J connectivity index is 3.87. The minimum atomic E-state index is -0.646. The van der Waals surface area contributed by atoms with Crippen molar-refractivity contribution < 1.29 is 19.7 Å². The zero-order valence-electron chi connectivity index (χ0n) is 8.04. The zero-order chi connectivity index (χ0) is 10.3. The molecular weight excluding hydrogens is 174 g/mol. The normalized spacial score (nSPS) is 14.8. The molecule has 0 rings (SSSR count). The molecule has 1 amide bonds. The molecular formula is C8H17NO4. The number of aliphatic hydroxyl groups is 2. The van der Waals surface area contributed by atoms with Crippen molar-refractivity contribution in [1.82, 2.24) is 5.32 Å². The highest BCUT2D eigenvalue weighted by molar-refractivity contribution is 5.68. The summed E-state index contributed by atoms with van der Waals surface area (Å²) in [6, 6.07) is 0. The van der Waals surface area contributed by atoms with Crippen LogP contribution in [0.4, 0.5) is 4.79 Å². The Bertz CT molecular complexity index is 156. The number of rotatable bonds is 5. The van der Waals surface area contributed by atoms with E-state index in [2.05, 4.69) is 10.1 Å². The second-order valence-electron chi connectivity index (χ2n) is 3.06. The van der Waals surface area contributed by atoms with E-state index in [-0.39, 0.29) is 19.8 Å². The van der Waals surface area contributed by atoms with Crippen molar-refractivity contribution >= 4 is 6.09 Å². The molecule has 1 unspecified atom stereocenters. The minimum absolute atomic E-state index is 0.0307. The van der Waals surface area contributed by atoms with E-state index < -0.39 is 11.6 Å². The van der Waals surface area contributed by atoms with Crippen molar-refractivity contribution in [2.75, 3.05) is 19.8 Å². The number of carbonyl (C=O) groups is 1. The van der Waals surface area contributed by atoms with Gasteiger partial charge in [-0.3, -0.25) is 0 Å². The van der Waals surface area contributed by atoms with Crippen LogP contribution >= 0.6 is 0 Å². The average molecular weight is 191 g/mol. The molecule has 3 N–H and O–H groups in total. The highest BCUT2D eigenvalue weighted by atomic mass is 16.6. The molecule has 0 saturated carbocycles. The van der Waals surface area contributed by atoms with Gasteiger partial charge < -0.3 is 20.3 Å². The molecule has 0 aliphatic rings. The van der Waals surface area contributed by atoms with E-state index in [1.54, 1.807) is 6.92 Å². The van der Waals surface area contributed by atoms with Crippen LogP contribution in [0.25, 0.3) is 0 Å². The first-order valence-corrected chi connectivity index (χ1v) is 4.24. The van der Waals surface area contributed by atoms with Gasteiger partial charge in [-0.15, -0.1) is 0 Å². The first kappa shape index (κ1) is 12.2. The van der Waals surface area contributed by atoms with E-state index in [1.807, 2.05) is 6.92 Å². The molecule has 0 aliphatic heterocycles. The smallest absolute Gasteiger partial charge is 0.407 e. The number of ether oxygens (including phenoxy) is 1. The van der Waals surface area contributed by atoms with Gasteiger partial charge in [0.2, 0.25) is 0 Å². The number of aliphatic hydroxyl groups excluding tert-OH is 2. The van der Waals surface area contributed by atoms with Gasteiger partial charge >= 0.3 is 6.09 Å². The zero-order valence-corrected chi connectivity index (χ0v) is 8.04. The van der Waals surface area contributed by atoms with Gasteiger partial charge in [-0.1, -0.05) is 6.92 Å². The minimum Gasteiger partial charge on any atom is -0.447 e. The fourth-order valence-corrected chi connectivity index (χ4v) is 0.661. The van der Waals surface area contributed by atoms with Crippen molar-refractivity contribution in [1.29, 1.82) is 0 Å². The molecule has 5 heteroatoms. The van der Waals surface area contributed by atoms with E-state index in [0.29, 0.717) is 6.42 Å². The molecule has 0 aromatic carbocycles. The second-order valence-corrected chi connectivity index (χ2v) is 3.06. The predicted molar refractivity (Wildman–Crippen MR) is 47.4 cm³/mol. The molecule has 0 aromatic rings. The number of nitrogens with one attached hydrogen (secondary N) is 1. The molecule has 0 saturated heterocycles. The van der Waals surface area contributed by atoms with Crippen molar-refractivity contribution in [3.05, 3.63) is 0 Å². The van der Waals surface area contributed by atoms with Gasteiger partial charge in [0.1, 0.15) is 6.61 Å². The molecule has 0 radical (unpaired) electrons. The third kappa shape index (κ3) is 4.69. The maximum atomic E-state index is 11.0. The maximum absolute atomic E-state index is 11.0. The summed E-state index contributed by atoms with van der Waals surface area (Å²) >= 11 is 0. The summed E-state index contributed by atoms with van der Waals surface area (Å²) in [6.07, 6.45) is -0.00925. The summed E-state index contributed by atoms with van der Waals surface area (Å²) < 4.78 is 4.58. The quantitative estimate of drug-likeness (QED) is 0.565. The van der Waals surface area contributed by atoms with Crippen LogP contribution in [0.3, 0.4) is 0 Å². The standard InChI is InChI=1S/C8H17NO4/c1-3-8(2,6-11)9-7(12)13-5-4-10/h10-11H,3-6H2,1-2H3,(H,9,12). The lowest BCUT2D eigenvalue weighted by Gasteiger charge is -2.26. The highest BCUT2D eigenvalue weighted by Crippen LogP contribution is 2.07. The molecule has 0 bridgehead atoms. The number of hydrogen-bond donors (Lipinski definition) is 3. The third-order valence-corrected chi connectivity index (χ3v) is 1.86. The molecule has 0 spiro atoms. The topological polar surface area (TPSA) is 78.8 Å². The third-order valence-electron chi connectivity index (χ3n) is 1.86. The van der Waals surface area contributed by atoms with Crippen LogP contribution in [0.2, 0.25) is 0 Å². The SMILES string of the molecule is CCC(C)(CO)NC(=O)OCCO. The van der Waals surface area contributed by atoms with Crippen LogP contribution < -0.4 is 5.32 Å². The molecule has 0 fully saturated rings. The van der Waals surface area contributed by atoms with E-state index in [4.69, 9.17) is 10.2 Å². The van der Waals surface area contributed by atoms with Crippen LogP contribution in [-0.4, -0.2) is 41.7 Å². The lowest BCUT2D eigenvalue weighted by Crippen LogP contribution is -2.48. The molecule has 78 valence electrons.